The van der Waals surface area contributed by atoms with Crippen molar-refractivity contribution in [2.24, 2.45) is 0 Å². The normalized spacial score (nSPS) is 15.3. The maximum Gasteiger partial charge on any atom is 0.238 e. The number of nitrogens with one attached hydrogen (secondary N) is 1. The molecule has 4 nitrogen and oxygen atoms in total. The van der Waals surface area contributed by atoms with Gasteiger partial charge in [0, 0.05) is 37.6 Å². The van der Waals surface area contributed by atoms with Crippen LogP contribution in [-0.2, 0) is 4.79 Å². The fourth-order valence-electron chi connectivity index (χ4n) is 2.86. The Morgan fingerprint density at radius 1 is 1.00 bits per heavy atom. The van der Waals surface area contributed by atoms with Gasteiger partial charge in [-0.1, -0.05) is 17.7 Å². The maximum absolute atomic E-state index is 13.0. The highest BCUT2D eigenvalue weighted by Gasteiger charge is 2.19. The van der Waals surface area contributed by atoms with E-state index < -0.39 is 0 Å². The first-order chi connectivity index (χ1) is 11.6. The van der Waals surface area contributed by atoms with Crippen LogP contribution in [0.1, 0.15) is 5.56 Å². The number of hydrogen-bond donors (Lipinski definition) is 1. The summed E-state index contributed by atoms with van der Waals surface area (Å²) in [6.07, 6.45) is 0. The molecule has 2 aromatic carbocycles. The van der Waals surface area contributed by atoms with Gasteiger partial charge in [0.1, 0.15) is 5.82 Å². The summed E-state index contributed by atoms with van der Waals surface area (Å²) in [5.41, 5.74) is 3.03. The molecule has 0 unspecified atom stereocenters. The molecule has 0 bridgehead atoms. The van der Waals surface area contributed by atoms with Crippen molar-refractivity contribution in [1.82, 2.24) is 4.90 Å². The van der Waals surface area contributed by atoms with E-state index >= 15 is 0 Å². The van der Waals surface area contributed by atoms with E-state index in [2.05, 4.69) is 15.1 Å². The van der Waals surface area contributed by atoms with Crippen LogP contribution in [-0.4, -0.2) is 43.5 Å². The van der Waals surface area contributed by atoms with Crippen LogP contribution in [0.25, 0.3) is 0 Å². The van der Waals surface area contributed by atoms with Crippen molar-refractivity contribution in [3.8, 4) is 0 Å². The van der Waals surface area contributed by atoms with Crippen LogP contribution < -0.4 is 10.2 Å². The topological polar surface area (TPSA) is 35.6 Å². The summed E-state index contributed by atoms with van der Waals surface area (Å²) in [5, 5.41) is 2.93. The lowest BCUT2D eigenvalue weighted by Gasteiger charge is -2.35. The van der Waals surface area contributed by atoms with E-state index in [1.165, 1.54) is 17.7 Å². The van der Waals surface area contributed by atoms with Gasteiger partial charge in [0.2, 0.25) is 5.91 Å². The minimum absolute atomic E-state index is 0.00841. The molecule has 3 rings (SSSR count). The predicted octanol–water partition coefficient (Wildman–Crippen LogP) is 2.89. The summed E-state index contributed by atoms with van der Waals surface area (Å²) in [7, 11) is 0. The van der Waals surface area contributed by atoms with Gasteiger partial charge < -0.3 is 10.2 Å². The second kappa shape index (κ2) is 7.45. The molecule has 0 atom stereocenters. The number of aryl methyl sites for hydroxylation is 1. The molecule has 0 aliphatic carbocycles. The second-order valence-corrected chi connectivity index (χ2v) is 6.15. The average molecular weight is 327 g/mol. The molecule has 1 saturated heterocycles. The Morgan fingerprint density at radius 3 is 2.25 bits per heavy atom. The molecule has 1 aliphatic heterocycles. The Bertz CT molecular complexity index is 677. The van der Waals surface area contributed by atoms with Crippen molar-refractivity contribution >= 4 is 17.3 Å². The highest BCUT2D eigenvalue weighted by molar-refractivity contribution is 5.92. The molecule has 1 N–H and O–H groups in total. The second-order valence-electron chi connectivity index (χ2n) is 6.15. The standard InChI is InChI=1S/C19H22FN3O/c1-15-2-6-17(7-3-15)21-19(24)14-22-10-12-23(13-11-22)18-8-4-16(20)5-9-18/h2-9H,10-14H2,1H3,(H,21,24). The molecule has 0 saturated carbocycles. The van der Waals surface area contributed by atoms with Gasteiger partial charge in [-0.2, -0.15) is 0 Å². The van der Waals surface area contributed by atoms with Gasteiger partial charge in [0.25, 0.3) is 0 Å². The zero-order chi connectivity index (χ0) is 16.9. The minimum Gasteiger partial charge on any atom is -0.369 e. The maximum atomic E-state index is 13.0. The first-order valence-electron chi connectivity index (χ1n) is 8.19. The Hall–Kier alpha value is -2.40. The molecular weight excluding hydrogens is 305 g/mol. The number of carbonyl (C=O) groups is 1. The van der Waals surface area contributed by atoms with E-state index in [9.17, 15) is 9.18 Å². The number of hydrogen-bond acceptors (Lipinski definition) is 3. The number of anilines is 2. The molecule has 24 heavy (non-hydrogen) atoms. The van der Waals surface area contributed by atoms with Crippen molar-refractivity contribution in [3.05, 3.63) is 59.9 Å². The monoisotopic (exact) mass is 327 g/mol. The summed E-state index contributed by atoms with van der Waals surface area (Å²) in [4.78, 5) is 16.5. The van der Waals surface area contributed by atoms with Crippen LogP contribution in [0.2, 0.25) is 0 Å². The number of halogens is 1. The van der Waals surface area contributed by atoms with Gasteiger partial charge in [-0.05, 0) is 43.3 Å². The highest BCUT2D eigenvalue weighted by atomic mass is 19.1. The van der Waals surface area contributed by atoms with Gasteiger partial charge in [-0.15, -0.1) is 0 Å². The molecule has 1 aliphatic rings. The third-order valence-corrected chi connectivity index (χ3v) is 4.27. The van der Waals surface area contributed by atoms with Crippen molar-refractivity contribution in [3.63, 3.8) is 0 Å². The third-order valence-electron chi connectivity index (χ3n) is 4.27. The lowest BCUT2D eigenvalue weighted by atomic mass is 10.2. The van der Waals surface area contributed by atoms with Crippen molar-refractivity contribution in [1.29, 1.82) is 0 Å². The molecular formula is C19H22FN3O. The Labute approximate surface area is 141 Å². The summed E-state index contributed by atoms with van der Waals surface area (Å²) in [6.45, 7) is 5.72. The molecule has 0 spiro atoms. The summed E-state index contributed by atoms with van der Waals surface area (Å²) in [6, 6.07) is 14.4. The zero-order valence-corrected chi connectivity index (χ0v) is 13.8. The van der Waals surface area contributed by atoms with E-state index in [1.807, 2.05) is 31.2 Å². The van der Waals surface area contributed by atoms with Crippen LogP contribution in [0.5, 0.6) is 0 Å². The van der Waals surface area contributed by atoms with Crippen molar-refractivity contribution in [2.45, 2.75) is 6.92 Å². The number of benzene rings is 2. The summed E-state index contributed by atoms with van der Waals surface area (Å²) in [5.74, 6) is -0.209. The molecule has 1 heterocycles. The van der Waals surface area contributed by atoms with Crippen LogP contribution in [0, 0.1) is 12.7 Å². The molecule has 5 heteroatoms. The fourth-order valence-corrected chi connectivity index (χ4v) is 2.86. The van der Waals surface area contributed by atoms with Crippen LogP contribution in [0.4, 0.5) is 15.8 Å². The van der Waals surface area contributed by atoms with E-state index in [1.54, 1.807) is 12.1 Å². The first kappa shape index (κ1) is 16.5. The summed E-state index contributed by atoms with van der Waals surface area (Å²) < 4.78 is 13.0. The summed E-state index contributed by atoms with van der Waals surface area (Å²) >= 11 is 0. The first-order valence-corrected chi connectivity index (χ1v) is 8.19. The number of amides is 1. The Morgan fingerprint density at radius 2 is 1.62 bits per heavy atom. The van der Waals surface area contributed by atoms with E-state index in [0.29, 0.717) is 6.54 Å². The van der Waals surface area contributed by atoms with Gasteiger partial charge in [0.15, 0.2) is 0 Å². The molecule has 126 valence electrons. The molecule has 0 aromatic heterocycles. The largest absolute Gasteiger partial charge is 0.369 e. The van der Waals surface area contributed by atoms with Crippen LogP contribution in [0.15, 0.2) is 48.5 Å². The SMILES string of the molecule is Cc1ccc(NC(=O)CN2CCN(c3ccc(F)cc3)CC2)cc1. The minimum atomic E-state index is -0.217. The van der Waals surface area contributed by atoms with Crippen molar-refractivity contribution in [2.75, 3.05) is 42.9 Å². The predicted molar refractivity (Wildman–Crippen MR) is 94.9 cm³/mol. The van der Waals surface area contributed by atoms with Crippen LogP contribution in [0.3, 0.4) is 0 Å². The van der Waals surface area contributed by atoms with Gasteiger partial charge in [0.05, 0.1) is 6.54 Å². The molecule has 0 radical (unpaired) electrons. The molecule has 1 amide bonds. The van der Waals surface area contributed by atoms with Crippen LogP contribution >= 0.6 is 0 Å². The Kier molecular flexibility index (Phi) is 5.11. The van der Waals surface area contributed by atoms with E-state index in [4.69, 9.17) is 0 Å². The van der Waals surface area contributed by atoms with Crippen molar-refractivity contribution < 1.29 is 9.18 Å². The lowest BCUT2D eigenvalue weighted by molar-refractivity contribution is -0.117. The molecule has 1 fully saturated rings. The number of piperazine rings is 1. The zero-order valence-electron chi connectivity index (χ0n) is 13.8. The number of carbonyl (C=O) groups excluding carboxylic acids is 1. The van der Waals surface area contributed by atoms with E-state index in [-0.39, 0.29) is 11.7 Å². The highest BCUT2D eigenvalue weighted by Crippen LogP contribution is 2.17. The average Bonchev–Trinajstić information content (AvgIpc) is 2.58. The fraction of sp³-hybridized carbons (Fsp3) is 0.316. The third kappa shape index (κ3) is 4.32. The quantitative estimate of drug-likeness (QED) is 0.938. The molecule has 2 aromatic rings. The smallest absolute Gasteiger partial charge is 0.238 e. The van der Waals surface area contributed by atoms with E-state index in [0.717, 1.165) is 37.6 Å². The lowest BCUT2D eigenvalue weighted by Crippen LogP contribution is -2.48. The Balaban J connectivity index is 1.47. The van der Waals surface area contributed by atoms with Gasteiger partial charge in [-0.3, -0.25) is 9.69 Å². The van der Waals surface area contributed by atoms with Gasteiger partial charge in [-0.25, -0.2) is 4.39 Å². The van der Waals surface area contributed by atoms with Gasteiger partial charge >= 0.3 is 0 Å². The number of rotatable bonds is 4. The number of nitrogens with zero attached hydrogens (tertiary/aromatic N) is 2.